The van der Waals surface area contributed by atoms with Crippen LogP contribution in [0.15, 0.2) is 18.2 Å². The molecule has 1 saturated heterocycles. The van der Waals surface area contributed by atoms with Gasteiger partial charge in [-0.1, -0.05) is 30.7 Å². The zero-order valence-corrected chi connectivity index (χ0v) is 10.0. The quantitative estimate of drug-likeness (QED) is 0.778. The van der Waals surface area contributed by atoms with Gasteiger partial charge in [-0.2, -0.15) is 0 Å². The standard InChI is InChI=1S/C14H21N/c1-4-14-12(7-8-15-14)13-9-10(2)5-6-11(13)3/h5-6,9,12,14-15H,4,7-8H2,1-3H3. The first-order valence-corrected chi connectivity index (χ1v) is 6.03. The molecule has 2 atom stereocenters. The van der Waals surface area contributed by atoms with Gasteiger partial charge >= 0.3 is 0 Å². The second-order valence-corrected chi connectivity index (χ2v) is 4.72. The first-order valence-electron chi connectivity index (χ1n) is 6.03. The summed E-state index contributed by atoms with van der Waals surface area (Å²) in [5.41, 5.74) is 4.40. The fourth-order valence-corrected chi connectivity index (χ4v) is 2.73. The minimum absolute atomic E-state index is 0.686. The third kappa shape index (κ3) is 2.07. The highest BCUT2D eigenvalue weighted by Crippen LogP contribution is 2.31. The summed E-state index contributed by atoms with van der Waals surface area (Å²) in [5, 5.41) is 3.60. The van der Waals surface area contributed by atoms with Gasteiger partial charge < -0.3 is 5.32 Å². The number of rotatable bonds is 2. The molecule has 0 bridgehead atoms. The van der Waals surface area contributed by atoms with Gasteiger partial charge in [0.1, 0.15) is 0 Å². The molecular formula is C14H21N. The fourth-order valence-electron chi connectivity index (χ4n) is 2.73. The number of hydrogen-bond donors (Lipinski definition) is 1. The van der Waals surface area contributed by atoms with Crippen molar-refractivity contribution < 1.29 is 0 Å². The molecule has 1 heteroatoms. The van der Waals surface area contributed by atoms with Crippen molar-refractivity contribution in [2.24, 2.45) is 0 Å². The van der Waals surface area contributed by atoms with Gasteiger partial charge in [-0.25, -0.2) is 0 Å². The Morgan fingerprint density at radius 3 is 2.87 bits per heavy atom. The van der Waals surface area contributed by atoms with Gasteiger partial charge in [0.25, 0.3) is 0 Å². The zero-order valence-electron chi connectivity index (χ0n) is 10.0. The molecule has 1 aromatic rings. The highest BCUT2D eigenvalue weighted by atomic mass is 14.9. The lowest BCUT2D eigenvalue weighted by Gasteiger charge is -2.20. The smallest absolute Gasteiger partial charge is 0.0134 e. The molecule has 1 heterocycles. The second-order valence-electron chi connectivity index (χ2n) is 4.72. The largest absolute Gasteiger partial charge is 0.313 e. The topological polar surface area (TPSA) is 12.0 Å². The fraction of sp³-hybridized carbons (Fsp3) is 0.571. The van der Waals surface area contributed by atoms with E-state index in [1.807, 2.05) is 0 Å². The Morgan fingerprint density at radius 2 is 2.13 bits per heavy atom. The van der Waals surface area contributed by atoms with E-state index >= 15 is 0 Å². The molecular weight excluding hydrogens is 182 g/mol. The predicted molar refractivity (Wildman–Crippen MR) is 65.4 cm³/mol. The number of nitrogens with one attached hydrogen (secondary N) is 1. The van der Waals surface area contributed by atoms with Crippen molar-refractivity contribution >= 4 is 0 Å². The van der Waals surface area contributed by atoms with Crippen LogP contribution < -0.4 is 5.32 Å². The molecule has 2 rings (SSSR count). The van der Waals surface area contributed by atoms with E-state index in [9.17, 15) is 0 Å². The second kappa shape index (κ2) is 4.36. The Balaban J connectivity index is 2.31. The van der Waals surface area contributed by atoms with Crippen molar-refractivity contribution in [1.29, 1.82) is 0 Å². The van der Waals surface area contributed by atoms with Gasteiger partial charge in [0.2, 0.25) is 0 Å². The Hall–Kier alpha value is -0.820. The summed E-state index contributed by atoms with van der Waals surface area (Å²) in [6.07, 6.45) is 2.53. The highest BCUT2D eigenvalue weighted by molar-refractivity contribution is 5.35. The van der Waals surface area contributed by atoms with E-state index < -0.39 is 0 Å². The summed E-state index contributed by atoms with van der Waals surface area (Å²) in [5.74, 6) is 0.731. The van der Waals surface area contributed by atoms with Crippen LogP contribution in [-0.2, 0) is 0 Å². The van der Waals surface area contributed by atoms with Crippen molar-refractivity contribution in [3.8, 4) is 0 Å². The molecule has 0 saturated carbocycles. The molecule has 15 heavy (non-hydrogen) atoms. The summed E-state index contributed by atoms with van der Waals surface area (Å²) >= 11 is 0. The number of hydrogen-bond acceptors (Lipinski definition) is 1. The van der Waals surface area contributed by atoms with E-state index in [4.69, 9.17) is 0 Å². The minimum Gasteiger partial charge on any atom is -0.313 e. The van der Waals surface area contributed by atoms with Gasteiger partial charge in [0.15, 0.2) is 0 Å². The molecule has 1 fully saturated rings. The summed E-state index contributed by atoms with van der Waals surface area (Å²) < 4.78 is 0. The van der Waals surface area contributed by atoms with Crippen LogP contribution in [0.4, 0.5) is 0 Å². The van der Waals surface area contributed by atoms with Crippen molar-refractivity contribution in [2.45, 2.75) is 45.6 Å². The van der Waals surface area contributed by atoms with Gasteiger partial charge in [-0.05, 0) is 44.4 Å². The maximum atomic E-state index is 3.60. The Morgan fingerprint density at radius 1 is 1.33 bits per heavy atom. The van der Waals surface area contributed by atoms with Crippen molar-refractivity contribution in [3.63, 3.8) is 0 Å². The van der Waals surface area contributed by atoms with E-state index in [1.165, 1.54) is 30.5 Å². The van der Waals surface area contributed by atoms with Crippen molar-refractivity contribution in [3.05, 3.63) is 34.9 Å². The first kappa shape index (κ1) is 10.7. The minimum atomic E-state index is 0.686. The lowest BCUT2D eigenvalue weighted by atomic mass is 9.87. The van der Waals surface area contributed by atoms with Gasteiger partial charge in [-0.3, -0.25) is 0 Å². The van der Waals surface area contributed by atoms with E-state index in [0.717, 1.165) is 5.92 Å². The van der Waals surface area contributed by atoms with Crippen molar-refractivity contribution in [1.82, 2.24) is 5.32 Å². The third-order valence-electron chi connectivity index (χ3n) is 3.62. The highest BCUT2D eigenvalue weighted by Gasteiger charge is 2.27. The molecule has 0 aliphatic carbocycles. The summed E-state index contributed by atoms with van der Waals surface area (Å²) in [6, 6.07) is 7.53. The molecule has 1 nitrogen and oxygen atoms in total. The molecule has 0 spiro atoms. The molecule has 0 amide bonds. The number of aryl methyl sites for hydroxylation is 2. The van der Waals surface area contributed by atoms with Gasteiger partial charge in [-0.15, -0.1) is 0 Å². The molecule has 1 aliphatic heterocycles. The molecule has 1 aliphatic rings. The number of benzene rings is 1. The lowest BCUT2D eigenvalue weighted by molar-refractivity contribution is 0.530. The average Bonchev–Trinajstić information content (AvgIpc) is 2.69. The van der Waals surface area contributed by atoms with Gasteiger partial charge in [0, 0.05) is 12.0 Å². The summed E-state index contributed by atoms with van der Waals surface area (Å²) in [4.78, 5) is 0. The third-order valence-corrected chi connectivity index (χ3v) is 3.62. The van der Waals surface area contributed by atoms with Crippen LogP contribution >= 0.6 is 0 Å². The Labute approximate surface area is 92.9 Å². The first-order chi connectivity index (χ1) is 7.22. The maximum absolute atomic E-state index is 3.60. The predicted octanol–water partition coefficient (Wildman–Crippen LogP) is 3.16. The van der Waals surface area contributed by atoms with Crippen LogP contribution in [0.25, 0.3) is 0 Å². The normalized spacial score (nSPS) is 25.8. The van der Waals surface area contributed by atoms with E-state index in [0.29, 0.717) is 6.04 Å². The van der Waals surface area contributed by atoms with Crippen LogP contribution in [0.5, 0.6) is 0 Å². The van der Waals surface area contributed by atoms with Crippen LogP contribution in [-0.4, -0.2) is 12.6 Å². The molecule has 0 radical (unpaired) electrons. The molecule has 1 N–H and O–H groups in total. The van der Waals surface area contributed by atoms with E-state index in [2.05, 4.69) is 44.3 Å². The molecule has 1 aromatic carbocycles. The van der Waals surface area contributed by atoms with Crippen LogP contribution in [0.1, 0.15) is 42.4 Å². The Bertz CT molecular complexity index is 343. The summed E-state index contributed by atoms with van der Waals surface area (Å²) in [7, 11) is 0. The monoisotopic (exact) mass is 203 g/mol. The zero-order chi connectivity index (χ0) is 10.8. The van der Waals surface area contributed by atoms with Crippen LogP contribution in [0.2, 0.25) is 0 Å². The van der Waals surface area contributed by atoms with E-state index in [1.54, 1.807) is 5.56 Å². The van der Waals surface area contributed by atoms with Gasteiger partial charge in [0.05, 0.1) is 0 Å². The molecule has 82 valence electrons. The van der Waals surface area contributed by atoms with E-state index in [-0.39, 0.29) is 0 Å². The maximum Gasteiger partial charge on any atom is 0.0134 e. The van der Waals surface area contributed by atoms with Crippen LogP contribution in [0, 0.1) is 13.8 Å². The average molecular weight is 203 g/mol. The summed E-state index contributed by atoms with van der Waals surface area (Å²) in [6.45, 7) is 7.88. The SMILES string of the molecule is CCC1NCCC1c1cc(C)ccc1C. The lowest BCUT2D eigenvalue weighted by Crippen LogP contribution is -2.25. The van der Waals surface area contributed by atoms with Crippen LogP contribution in [0.3, 0.4) is 0 Å². The Kier molecular flexibility index (Phi) is 3.11. The molecule has 2 unspecified atom stereocenters. The van der Waals surface area contributed by atoms with Crippen molar-refractivity contribution in [2.75, 3.05) is 6.54 Å². The molecule has 0 aromatic heterocycles.